The highest BCUT2D eigenvalue weighted by molar-refractivity contribution is 7.20. The van der Waals surface area contributed by atoms with Gasteiger partial charge in [-0.1, -0.05) is 176 Å². The summed E-state index contributed by atoms with van der Waals surface area (Å²) in [5.74, 6) is 2.56. The largest absolute Gasteiger partial charge is 0.551 e. The van der Waals surface area contributed by atoms with Crippen LogP contribution in [0.3, 0.4) is 0 Å². The van der Waals surface area contributed by atoms with Gasteiger partial charge >= 0.3 is 6.92 Å². The molecule has 9 aromatic carbocycles. The zero-order valence-electron chi connectivity index (χ0n) is 32.1. The highest BCUT2D eigenvalue weighted by Gasteiger charge is 2.44. The third-order valence-electron chi connectivity index (χ3n) is 12.4. The molecular weight excluding hydrogens is 733 g/mol. The van der Waals surface area contributed by atoms with Gasteiger partial charge in [-0.3, -0.25) is 0 Å². The number of fused-ring (bicyclic) bond motifs is 7. The zero-order chi connectivity index (χ0) is 38.9. The van der Waals surface area contributed by atoms with Crippen LogP contribution in [-0.4, -0.2) is 19.6 Å². The van der Waals surface area contributed by atoms with Crippen molar-refractivity contribution < 1.29 is 9.39 Å². The third kappa shape index (κ3) is 5.15. The molecule has 0 bridgehead atoms. The van der Waals surface area contributed by atoms with E-state index in [2.05, 4.69) is 223 Å². The Hall–Kier alpha value is -7.34. The van der Waals surface area contributed by atoms with Crippen molar-refractivity contribution >= 4 is 68.5 Å². The number of rotatable bonds is 6. The number of hydrogen-bond acceptors (Lipinski definition) is 2. The van der Waals surface area contributed by atoms with E-state index in [-0.39, 0.29) is 6.92 Å². The molecule has 3 nitrogen and oxygen atoms in total. The molecule has 0 amide bonds. The molecule has 5 heteroatoms. The predicted octanol–water partition coefficient (Wildman–Crippen LogP) is 9.10. The van der Waals surface area contributed by atoms with Crippen molar-refractivity contribution in [1.29, 1.82) is 0 Å². The Morgan fingerprint density at radius 2 is 0.949 bits per heavy atom. The number of ether oxygens (including phenoxy) is 1. The predicted molar refractivity (Wildman–Crippen MR) is 247 cm³/mol. The molecule has 0 N–H and O–H groups in total. The molecule has 1 aromatic heterocycles. The lowest BCUT2D eigenvalue weighted by Crippen LogP contribution is -2.74. The van der Waals surface area contributed by atoms with Crippen molar-refractivity contribution in [3.05, 3.63) is 218 Å². The number of hydrogen-bond donors (Lipinski definition) is 0. The van der Waals surface area contributed by atoms with Crippen molar-refractivity contribution in [1.82, 2.24) is 4.57 Å². The van der Waals surface area contributed by atoms with E-state index in [1.165, 1.54) is 42.6 Å². The Morgan fingerprint density at radius 3 is 1.58 bits per heavy atom. The summed E-state index contributed by atoms with van der Waals surface area (Å²) in [6.07, 6.45) is 0. The fourth-order valence-corrected chi connectivity index (χ4v) is 14.6. The second-order valence-electron chi connectivity index (χ2n) is 15.5. The summed E-state index contributed by atoms with van der Waals surface area (Å²) in [6.45, 7) is -0.306. The lowest BCUT2D eigenvalue weighted by molar-refractivity contribution is 0.479. The van der Waals surface area contributed by atoms with Gasteiger partial charge in [-0.05, 0) is 79.9 Å². The first-order valence-corrected chi connectivity index (χ1v) is 22.3. The molecule has 276 valence electrons. The van der Waals surface area contributed by atoms with Gasteiger partial charge in [0, 0.05) is 32.9 Å². The molecule has 2 aliphatic heterocycles. The minimum atomic E-state index is -2.75. The van der Waals surface area contributed by atoms with Gasteiger partial charge in [-0.2, -0.15) is 0 Å². The average molecular weight is 770 g/mol. The first-order valence-electron chi connectivity index (χ1n) is 20.3. The number of para-hydroxylation sites is 2. The van der Waals surface area contributed by atoms with Crippen molar-refractivity contribution in [3.63, 3.8) is 0 Å². The second kappa shape index (κ2) is 13.4. The molecule has 0 saturated carbocycles. The molecule has 0 fully saturated rings. The number of aromatic nitrogens is 1. The van der Waals surface area contributed by atoms with Crippen molar-refractivity contribution in [2.75, 3.05) is 0 Å². The SMILES string of the molecule is c1ccc([Si](c2ccccc2)(c2ccccc2)c2ccc3c(c2)-c2cccc4c2B(O3)c2cc(-c3ccc(-n5c6ccccc6c6ccccc65)cc3)ccc2O4)cc1. The number of nitrogens with zero attached hydrogens (tertiary/aromatic N) is 1. The maximum absolute atomic E-state index is 7.12. The molecular formula is C54H36BNO2Si. The Kier molecular flexibility index (Phi) is 7.65. The Morgan fingerprint density at radius 1 is 0.390 bits per heavy atom. The van der Waals surface area contributed by atoms with Crippen LogP contribution in [0.4, 0.5) is 0 Å². The average Bonchev–Trinajstić information content (AvgIpc) is 3.65. The van der Waals surface area contributed by atoms with Gasteiger partial charge in [-0.15, -0.1) is 0 Å². The van der Waals surface area contributed by atoms with Crippen LogP contribution in [0.25, 0.3) is 49.7 Å². The fraction of sp³-hybridized carbons (Fsp3) is 0. The van der Waals surface area contributed by atoms with Gasteiger partial charge in [0.1, 0.15) is 17.2 Å². The molecule has 2 aliphatic rings. The normalized spacial score (nSPS) is 12.6. The van der Waals surface area contributed by atoms with Crippen molar-refractivity contribution in [3.8, 4) is 45.2 Å². The molecule has 0 unspecified atom stereocenters. The summed E-state index contributed by atoms with van der Waals surface area (Å²) in [4.78, 5) is 0. The summed E-state index contributed by atoms with van der Waals surface area (Å²) in [5.41, 5.74) is 10.2. The van der Waals surface area contributed by atoms with Crippen molar-refractivity contribution in [2.45, 2.75) is 0 Å². The van der Waals surface area contributed by atoms with Crippen LogP contribution in [0.2, 0.25) is 0 Å². The van der Waals surface area contributed by atoms with Gasteiger partial charge < -0.3 is 14.0 Å². The summed E-state index contributed by atoms with van der Waals surface area (Å²) in [5, 5.41) is 7.86. The molecule has 0 aliphatic carbocycles. The van der Waals surface area contributed by atoms with Gasteiger partial charge in [0.2, 0.25) is 0 Å². The Bertz CT molecular complexity index is 3070. The maximum Gasteiger partial charge on any atom is 0.434 e. The molecule has 10 aromatic rings. The van der Waals surface area contributed by atoms with E-state index in [1.54, 1.807) is 0 Å². The van der Waals surface area contributed by atoms with E-state index in [0.717, 1.165) is 56.1 Å². The monoisotopic (exact) mass is 769 g/mol. The van der Waals surface area contributed by atoms with E-state index >= 15 is 0 Å². The molecule has 0 atom stereocenters. The van der Waals surface area contributed by atoms with E-state index in [4.69, 9.17) is 9.39 Å². The highest BCUT2D eigenvalue weighted by atomic mass is 28.3. The van der Waals surface area contributed by atoms with E-state index < -0.39 is 8.07 Å². The van der Waals surface area contributed by atoms with Gasteiger partial charge in [0.25, 0.3) is 0 Å². The minimum Gasteiger partial charge on any atom is -0.551 e. The summed E-state index contributed by atoms with van der Waals surface area (Å²) < 4.78 is 16.2. The van der Waals surface area contributed by atoms with E-state index in [9.17, 15) is 0 Å². The van der Waals surface area contributed by atoms with E-state index in [1.807, 2.05) is 0 Å². The summed E-state index contributed by atoms with van der Waals surface area (Å²) in [6, 6.07) is 79.3. The molecule has 0 spiro atoms. The van der Waals surface area contributed by atoms with Crippen LogP contribution in [0.15, 0.2) is 218 Å². The fourth-order valence-electron chi connectivity index (χ4n) is 9.83. The number of benzene rings is 9. The van der Waals surface area contributed by atoms with Crippen LogP contribution in [0.5, 0.6) is 17.2 Å². The molecule has 3 heterocycles. The highest BCUT2D eigenvalue weighted by Crippen LogP contribution is 2.40. The maximum atomic E-state index is 7.12. The second-order valence-corrected chi connectivity index (χ2v) is 19.4. The van der Waals surface area contributed by atoms with Gasteiger partial charge in [-0.25, -0.2) is 0 Å². The van der Waals surface area contributed by atoms with Crippen LogP contribution < -0.4 is 41.1 Å². The topological polar surface area (TPSA) is 23.4 Å². The molecule has 0 saturated heterocycles. The quantitative estimate of drug-likeness (QED) is 0.125. The third-order valence-corrected chi connectivity index (χ3v) is 17.2. The van der Waals surface area contributed by atoms with Gasteiger partial charge in [0.05, 0.1) is 11.0 Å². The standard InChI is InChI=1S/C54H36BNO2Si/c1-4-15-40(16-5-1)59(41-17-6-2-7-18-41,42-19-8-3-9-20-42)43-32-34-51-47(36-43)46-23-14-26-53-54(46)55(58-51)48-35-38(29-33-52(48)57-53)37-27-30-39(31-28-37)56-49-24-12-10-21-44(49)45-22-11-13-25-50(45)56/h1-36H. The zero-order valence-corrected chi connectivity index (χ0v) is 33.1. The first kappa shape index (κ1) is 33.8. The van der Waals surface area contributed by atoms with Crippen molar-refractivity contribution in [2.24, 2.45) is 0 Å². The Labute approximate surface area is 344 Å². The first-order chi connectivity index (χ1) is 29.3. The summed E-state index contributed by atoms with van der Waals surface area (Å²) in [7, 11) is -2.75. The molecule has 0 radical (unpaired) electrons. The smallest absolute Gasteiger partial charge is 0.434 e. The summed E-state index contributed by atoms with van der Waals surface area (Å²) >= 11 is 0. The Balaban J connectivity index is 0.957. The van der Waals surface area contributed by atoms with Crippen LogP contribution in [0, 0.1) is 0 Å². The lowest BCUT2D eigenvalue weighted by Gasteiger charge is -2.36. The molecule has 59 heavy (non-hydrogen) atoms. The molecule has 12 rings (SSSR count). The minimum absolute atomic E-state index is 0.306. The van der Waals surface area contributed by atoms with Gasteiger partial charge in [0.15, 0.2) is 8.07 Å². The van der Waals surface area contributed by atoms with Crippen LogP contribution >= 0.6 is 0 Å². The van der Waals surface area contributed by atoms with E-state index in [0.29, 0.717) is 0 Å². The lowest BCUT2D eigenvalue weighted by atomic mass is 9.50. The van der Waals surface area contributed by atoms with Crippen LogP contribution in [0.1, 0.15) is 0 Å². The van der Waals surface area contributed by atoms with Crippen LogP contribution in [-0.2, 0) is 0 Å².